The van der Waals surface area contributed by atoms with Crippen LogP contribution in [0.4, 0.5) is 0 Å². The number of carbonyl (C=O) groups is 1. The van der Waals surface area contributed by atoms with Gasteiger partial charge < -0.3 is 20.1 Å². The van der Waals surface area contributed by atoms with Crippen LogP contribution in [0.15, 0.2) is 18.3 Å². The van der Waals surface area contributed by atoms with Gasteiger partial charge in [0.25, 0.3) is 0 Å². The van der Waals surface area contributed by atoms with Gasteiger partial charge in [0.1, 0.15) is 17.7 Å². The first-order chi connectivity index (χ1) is 9.27. The van der Waals surface area contributed by atoms with E-state index in [0.717, 1.165) is 0 Å². The van der Waals surface area contributed by atoms with Crippen molar-refractivity contribution >= 4 is 17.5 Å². The highest BCUT2D eigenvalue weighted by Gasteiger charge is 2.20. The van der Waals surface area contributed by atoms with Gasteiger partial charge in [0, 0.05) is 12.7 Å². The molecule has 1 aromatic heterocycles. The summed E-state index contributed by atoms with van der Waals surface area (Å²) < 4.78 is 10.6. The predicted octanol–water partition coefficient (Wildman–Crippen LogP) is 0.218. The molecule has 2 rings (SSSR count). The van der Waals surface area contributed by atoms with Crippen molar-refractivity contribution in [2.24, 2.45) is 0 Å². The fraction of sp³-hybridized carbons (Fsp3) is 0.500. The zero-order valence-electron chi connectivity index (χ0n) is 10.4. The molecular weight excluding hydrogens is 270 g/mol. The van der Waals surface area contributed by atoms with E-state index in [4.69, 9.17) is 21.1 Å². The van der Waals surface area contributed by atoms with Crippen molar-refractivity contribution in [1.82, 2.24) is 15.6 Å². The van der Waals surface area contributed by atoms with Gasteiger partial charge in [-0.1, -0.05) is 11.6 Å². The average molecular weight is 286 g/mol. The second-order valence-electron chi connectivity index (χ2n) is 4.01. The van der Waals surface area contributed by atoms with Crippen molar-refractivity contribution in [2.75, 3.05) is 32.9 Å². The molecule has 1 aliphatic heterocycles. The van der Waals surface area contributed by atoms with E-state index in [0.29, 0.717) is 43.8 Å². The van der Waals surface area contributed by atoms with Gasteiger partial charge in [0.05, 0.1) is 19.8 Å². The molecule has 0 aliphatic carbocycles. The summed E-state index contributed by atoms with van der Waals surface area (Å²) in [5, 5.41) is 6.29. The van der Waals surface area contributed by atoms with E-state index in [1.54, 1.807) is 18.3 Å². The average Bonchev–Trinajstić information content (AvgIpc) is 2.46. The number of ether oxygens (including phenoxy) is 2. The molecule has 0 bridgehead atoms. The minimum atomic E-state index is -0.285. The fourth-order valence-electron chi connectivity index (χ4n) is 1.66. The fourth-order valence-corrected chi connectivity index (χ4v) is 1.83. The van der Waals surface area contributed by atoms with Gasteiger partial charge in [-0.25, -0.2) is 4.98 Å². The molecule has 1 unspecified atom stereocenters. The van der Waals surface area contributed by atoms with E-state index in [-0.39, 0.29) is 11.9 Å². The number of nitrogens with zero attached hydrogens (tertiary/aromatic N) is 1. The Morgan fingerprint density at radius 2 is 2.58 bits per heavy atom. The molecule has 1 fully saturated rings. The van der Waals surface area contributed by atoms with Gasteiger partial charge in [-0.15, -0.1) is 0 Å². The van der Waals surface area contributed by atoms with Crippen LogP contribution >= 0.6 is 11.6 Å². The molecule has 0 radical (unpaired) electrons. The lowest BCUT2D eigenvalue weighted by atomic mass is 10.2. The summed E-state index contributed by atoms with van der Waals surface area (Å²) in [5.74, 6) is 0.285. The van der Waals surface area contributed by atoms with Crippen LogP contribution in [0.1, 0.15) is 0 Å². The van der Waals surface area contributed by atoms with Gasteiger partial charge in [-0.05, 0) is 12.1 Å². The highest BCUT2D eigenvalue weighted by Crippen LogP contribution is 2.19. The van der Waals surface area contributed by atoms with Crippen molar-refractivity contribution in [2.45, 2.75) is 6.04 Å². The maximum absolute atomic E-state index is 11.7. The molecule has 19 heavy (non-hydrogen) atoms. The van der Waals surface area contributed by atoms with Crippen molar-refractivity contribution in [3.63, 3.8) is 0 Å². The normalized spacial score (nSPS) is 18.9. The topological polar surface area (TPSA) is 72.5 Å². The van der Waals surface area contributed by atoms with Crippen LogP contribution in [-0.2, 0) is 9.53 Å². The molecule has 2 N–H and O–H groups in total. The SMILES string of the molecule is O=C(NCCOc1ncccc1Cl)C1COCCN1. The zero-order valence-corrected chi connectivity index (χ0v) is 11.2. The molecule has 2 heterocycles. The van der Waals surface area contributed by atoms with E-state index in [2.05, 4.69) is 15.6 Å². The third-order valence-corrected chi connectivity index (χ3v) is 2.89. The van der Waals surface area contributed by atoms with E-state index in [1.807, 2.05) is 0 Å². The van der Waals surface area contributed by atoms with Crippen LogP contribution in [0.2, 0.25) is 5.02 Å². The third-order valence-electron chi connectivity index (χ3n) is 2.60. The lowest BCUT2D eigenvalue weighted by molar-refractivity contribution is -0.126. The van der Waals surface area contributed by atoms with Gasteiger partial charge in [0.15, 0.2) is 0 Å². The number of morpholine rings is 1. The number of hydrogen-bond donors (Lipinski definition) is 2. The Balaban J connectivity index is 1.66. The Hall–Kier alpha value is -1.37. The van der Waals surface area contributed by atoms with Crippen molar-refractivity contribution in [3.05, 3.63) is 23.4 Å². The quantitative estimate of drug-likeness (QED) is 0.757. The largest absolute Gasteiger partial charge is 0.475 e. The highest BCUT2D eigenvalue weighted by atomic mass is 35.5. The molecule has 1 amide bonds. The van der Waals surface area contributed by atoms with Crippen molar-refractivity contribution in [1.29, 1.82) is 0 Å². The van der Waals surface area contributed by atoms with Crippen LogP contribution < -0.4 is 15.4 Å². The van der Waals surface area contributed by atoms with Gasteiger partial charge >= 0.3 is 0 Å². The number of carbonyl (C=O) groups excluding carboxylic acids is 1. The number of halogens is 1. The number of rotatable bonds is 5. The minimum absolute atomic E-state index is 0.0876. The lowest BCUT2D eigenvalue weighted by Crippen LogP contribution is -2.51. The minimum Gasteiger partial charge on any atom is -0.475 e. The molecule has 1 atom stereocenters. The molecule has 1 aromatic rings. The molecular formula is C12H16ClN3O3. The molecule has 1 saturated heterocycles. The maximum Gasteiger partial charge on any atom is 0.239 e. The summed E-state index contributed by atoms with van der Waals surface area (Å²) in [5.41, 5.74) is 0. The van der Waals surface area contributed by atoms with Crippen LogP contribution in [0.5, 0.6) is 5.88 Å². The Morgan fingerprint density at radius 3 is 3.32 bits per heavy atom. The zero-order chi connectivity index (χ0) is 13.5. The van der Waals surface area contributed by atoms with E-state index < -0.39 is 0 Å². The Bertz CT molecular complexity index is 424. The molecule has 0 aromatic carbocycles. The van der Waals surface area contributed by atoms with Crippen molar-refractivity contribution < 1.29 is 14.3 Å². The number of aromatic nitrogens is 1. The van der Waals surface area contributed by atoms with Gasteiger partial charge in [-0.2, -0.15) is 0 Å². The number of pyridine rings is 1. The molecule has 0 saturated carbocycles. The first kappa shape index (κ1) is 14.0. The molecule has 104 valence electrons. The summed E-state index contributed by atoms with van der Waals surface area (Å²) in [6.07, 6.45) is 1.60. The number of hydrogen-bond acceptors (Lipinski definition) is 5. The van der Waals surface area contributed by atoms with E-state index >= 15 is 0 Å². The van der Waals surface area contributed by atoms with E-state index in [9.17, 15) is 4.79 Å². The first-order valence-corrected chi connectivity index (χ1v) is 6.47. The molecule has 6 nitrogen and oxygen atoms in total. The number of amides is 1. The second kappa shape index (κ2) is 7.28. The first-order valence-electron chi connectivity index (χ1n) is 6.09. The second-order valence-corrected chi connectivity index (χ2v) is 4.42. The van der Waals surface area contributed by atoms with Crippen LogP contribution in [0.3, 0.4) is 0 Å². The predicted molar refractivity (Wildman–Crippen MR) is 70.4 cm³/mol. The summed E-state index contributed by atoms with van der Waals surface area (Å²) in [6, 6.07) is 3.14. The summed E-state index contributed by atoms with van der Waals surface area (Å²) in [4.78, 5) is 15.7. The monoisotopic (exact) mass is 285 g/mol. The number of nitrogens with one attached hydrogen (secondary N) is 2. The smallest absolute Gasteiger partial charge is 0.239 e. The molecule has 0 spiro atoms. The van der Waals surface area contributed by atoms with Gasteiger partial charge in [-0.3, -0.25) is 4.79 Å². The summed E-state index contributed by atoms with van der Waals surface area (Å²) in [7, 11) is 0. The van der Waals surface area contributed by atoms with E-state index in [1.165, 1.54) is 0 Å². The van der Waals surface area contributed by atoms with Crippen LogP contribution in [-0.4, -0.2) is 49.8 Å². The van der Waals surface area contributed by atoms with Crippen LogP contribution in [0.25, 0.3) is 0 Å². The third kappa shape index (κ3) is 4.34. The Morgan fingerprint density at radius 1 is 1.68 bits per heavy atom. The standard InChI is InChI=1S/C12H16ClN3O3/c13-9-2-1-3-16-12(9)19-7-5-15-11(17)10-8-18-6-4-14-10/h1-3,10,14H,4-8H2,(H,15,17). The summed E-state index contributed by atoms with van der Waals surface area (Å²) >= 11 is 5.89. The maximum atomic E-state index is 11.7. The lowest BCUT2D eigenvalue weighted by Gasteiger charge is -2.22. The highest BCUT2D eigenvalue weighted by molar-refractivity contribution is 6.31. The Kier molecular flexibility index (Phi) is 5.38. The summed E-state index contributed by atoms with van der Waals surface area (Å²) in [6.45, 7) is 2.45. The molecule has 1 aliphatic rings. The Labute approximate surface area is 116 Å². The molecule has 7 heteroatoms. The van der Waals surface area contributed by atoms with Crippen molar-refractivity contribution in [3.8, 4) is 5.88 Å². The van der Waals surface area contributed by atoms with Gasteiger partial charge in [0.2, 0.25) is 11.8 Å². The van der Waals surface area contributed by atoms with Crippen LogP contribution in [0, 0.1) is 0 Å².